The van der Waals surface area contributed by atoms with Crippen molar-refractivity contribution in [2.75, 3.05) is 26.0 Å². The standard InChI is InChI=1S/C14H22N2O6S/c1-15-23(20,21)8-4-7-22-12(17)9-16-13(18)10-5-2-3-6-11(10)14(16)19/h10-11,15H,2-9H2,1H3. The Morgan fingerprint density at radius 2 is 1.78 bits per heavy atom. The molecule has 0 aromatic heterocycles. The Kier molecular flexibility index (Phi) is 5.74. The molecule has 2 fully saturated rings. The van der Waals surface area contributed by atoms with Crippen LogP contribution in [-0.2, 0) is 29.1 Å². The van der Waals surface area contributed by atoms with Crippen LogP contribution >= 0.6 is 0 Å². The molecule has 0 aromatic carbocycles. The number of nitrogens with zero attached hydrogens (tertiary/aromatic N) is 1. The number of hydrogen-bond acceptors (Lipinski definition) is 6. The molecule has 1 saturated heterocycles. The van der Waals surface area contributed by atoms with Gasteiger partial charge in [0.05, 0.1) is 24.2 Å². The number of amides is 2. The van der Waals surface area contributed by atoms with Crippen LogP contribution in [0, 0.1) is 11.8 Å². The lowest BCUT2D eigenvalue weighted by Crippen LogP contribution is -2.36. The molecule has 1 saturated carbocycles. The molecule has 2 unspecified atom stereocenters. The van der Waals surface area contributed by atoms with Gasteiger partial charge >= 0.3 is 5.97 Å². The predicted molar refractivity (Wildman–Crippen MR) is 80.6 cm³/mol. The van der Waals surface area contributed by atoms with E-state index in [1.165, 1.54) is 7.05 Å². The first-order valence-corrected chi connectivity index (χ1v) is 9.43. The monoisotopic (exact) mass is 346 g/mol. The molecule has 2 amide bonds. The van der Waals surface area contributed by atoms with Crippen LogP contribution in [0.1, 0.15) is 32.1 Å². The smallest absolute Gasteiger partial charge is 0.326 e. The summed E-state index contributed by atoms with van der Waals surface area (Å²) in [5, 5.41) is 0. The molecular weight excluding hydrogens is 324 g/mol. The van der Waals surface area contributed by atoms with Crippen LogP contribution < -0.4 is 4.72 Å². The van der Waals surface area contributed by atoms with Crippen LogP contribution in [0.5, 0.6) is 0 Å². The van der Waals surface area contributed by atoms with Crippen molar-refractivity contribution in [2.24, 2.45) is 11.8 Å². The van der Waals surface area contributed by atoms with Crippen LogP contribution in [-0.4, -0.2) is 57.1 Å². The number of hydrogen-bond donors (Lipinski definition) is 1. The maximum absolute atomic E-state index is 12.2. The lowest BCUT2D eigenvalue weighted by Gasteiger charge is -2.19. The Morgan fingerprint density at radius 3 is 2.30 bits per heavy atom. The van der Waals surface area contributed by atoms with Gasteiger partial charge in [-0.25, -0.2) is 13.1 Å². The van der Waals surface area contributed by atoms with Gasteiger partial charge in [-0.2, -0.15) is 0 Å². The van der Waals surface area contributed by atoms with Crippen LogP contribution in [0.3, 0.4) is 0 Å². The minimum absolute atomic E-state index is 0.0666. The fourth-order valence-corrected chi connectivity index (χ4v) is 3.80. The van der Waals surface area contributed by atoms with Gasteiger partial charge in [0, 0.05) is 0 Å². The molecule has 9 heteroatoms. The van der Waals surface area contributed by atoms with Gasteiger partial charge in [0.15, 0.2) is 0 Å². The average Bonchev–Trinajstić information content (AvgIpc) is 2.77. The minimum Gasteiger partial charge on any atom is -0.464 e. The average molecular weight is 346 g/mol. The number of carbonyl (C=O) groups is 3. The van der Waals surface area contributed by atoms with Crippen molar-refractivity contribution in [3.05, 3.63) is 0 Å². The van der Waals surface area contributed by atoms with E-state index in [0.717, 1.165) is 17.7 Å². The van der Waals surface area contributed by atoms with Gasteiger partial charge in [-0.15, -0.1) is 0 Å². The summed E-state index contributed by atoms with van der Waals surface area (Å²) in [6.07, 6.45) is 3.41. The molecule has 23 heavy (non-hydrogen) atoms. The Labute approximate surface area is 135 Å². The Bertz CT molecular complexity index is 564. The van der Waals surface area contributed by atoms with Crippen LogP contribution in [0.2, 0.25) is 0 Å². The third-order valence-corrected chi connectivity index (χ3v) is 5.80. The highest BCUT2D eigenvalue weighted by molar-refractivity contribution is 7.89. The van der Waals surface area contributed by atoms with Crippen LogP contribution in [0.25, 0.3) is 0 Å². The van der Waals surface area contributed by atoms with E-state index in [9.17, 15) is 22.8 Å². The summed E-state index contributed by atoms with van der Waals surface area (Å²) < 4.78 is 29.5. The first-order chi connectivity index (χ1) is 10.9. The quantitative estimate of drug-likeness (QED) is 0.383. The molecule has 0 aromatic rings. The third kappa shape index (κ3) is 4.29. The van der Waals surface area contributed by atoms with E-state index in [4.69, 9.17) is 4.74 Å². The zero-order valence-corrected chi connectivity index (χ0v) is 13.9. The third-order valence-electron chi connectivity index (χ3n) is 4.35. The Balaban J connectivity index is 1.79. The van der Waals surface area contributed by atoms with Gasteiger partial charge in [0.2, 0.25) is 21.8 Å². The number of rotatable bonds is 7. The molecule has 130 valence electrons. The Morgan fingerprint density at radius 1 is 1.22 bits per heavy atom. The number of esters is 1. The van der Waals surface area contributed by atoms with Gasteiger partial charge in [0.25, 0.3) is 0 Å². The zero-order valence-electron chi connectivity index (χ0n) is 13.1. The normalized spacial score (nSPS) is 24.7. The highest BCUT2D eigenvalue weighted by Crippen LogP contribution is 2.37. The molecule has 2 rings (SSSR count). The van der Waals surface area contributed by atoms with Crippen molar-refractivity contribution >= 4 is 27.8 Å². The first kappa shape index (κ1) is 17.9. The van der Waals surface area contributed by atoms with Crippen molar-refractivity contribution in [2.45, 2.75) is 32.1 Å². The number of nitrogens with one attached hydrogen (secondary N) is 1. The van der Waals surface area contributed by atoms with Crippen molar-refractivity contribution in [1.82, 2.24) is 9.62 Å². The van der Waals surface area contributed by atoms with E-state index >= 15 is 0 Å². The van der Waals surface area contributed by atoms with Gasteiger partial charge in [-0.1, -0.05) is 12.8 Å². The lowest BCUT2D eigenvalue weighted by molar-refractivity contribution is -0.153. The molecule has 0 radical (unpaired) electrons. The molecule has 8 nitrogen and oxygen atoms in total. The lowest BCUT2D eigenvalue weighted by atomic mass is 9.81. The highest BCUT2D eigenvalue weighted by atomic mass is 32.2. The molecular formula is C14H22N2O6S. The number of imide groups is 1. The summed E-state index contributed by atoms with van der Waals surface area (Å²) in [5.74, 6) is -1.98. The second-order valence-corrected chi connectivity index (χ2v) is 7.90. The molecule has 2 aliphatic rings. The number of sulfonamides is 1. The first-order valence-electron chi connectivity index (χ1n) is 7.78. The summed E-state index contributed by atoms with van der Waals surface area (Å²) in [4.78, 5) is 37.1. The number of fused-ring (bicyclic) bond motifs is 1. The van der Waals surface area contributed by atoms with Gasteiger partial charge in [-0.05, 0) is 26.3 Å². The van der Waals surface area contributed by atoms with E-state index in [1.807, 2.05) is 0 Å². The van der Waals surface area contributed by atoms with E-state index in [0.29, 0.717) is 12.8 Å². The zero-order chi connectivity index (χ0) is 17.0. The molecule has 1 aliphatic carbocycles. The summed E-state index contributed by atoms with van der Waals surface area (Å²) in [7, 11) is -2.02. The summed E-state index contributed by atoms with van der Waals surface area (Å²) >= 11 is 0. The molecule has 1 aliphatic heterocycles. The van der Waals surface area contributed by atoms with E-state index in [2.05, 4.69) is 4.72 Å². The number of likely N-dealkylation sites (tertiary alicyclic amines) is 1. The van der Waals surface area contributed by atoms with Gasteiger partial charge in [-0.3, -0.25) is 19.3 Å². The van der Waals surface area contributed by atoms with Crippen LogP contribution in [0.15, 0.2) is 0 Å². The van der Waals surface area contributed by atoms with Crippen molar-refractivity contribution in [1.29, 1.82) is 0 Å². The molecule has 0 spiro atoms. The van der Waals surface area contributed by atoms with Crippen molar-refractivity contribution < 1.29 is 27.5 Å². The van der Waals surface area contributed by atoms with Crippen molar-refractivity contribution in [3.8, 4) is 0 Å². The minimum atomic E-state index is -3.33. The Hall–Kier alpha value is -1.48. The molecule has 1 heterocycles. The van der Waals surface area contributed by atoms with Gasteiger partial charge < -0.3 is 4.74 Å². The maximum Gasteiger partial charge on any atom is 0.326 e. The summed E-state index contributed by atoms with van der Waals surface area (Å²) in [6, 6.07) is 0. The van der Waals surface area contributed by atoms with E-state index in [1.54, 1.807) is 0 Å². The second-order valence-electron chi connectivity index (χ2n) is 5.86. The number of ether oxygens (including phenoxy) is 1. The van der Waals surface area contributed by atoms with E-state index < -0.39 is 16.0 Å². The van der Waals surface area contributed by atoms with Crippen molar-refractivity contribution in [3.63, 3.8) is 0 Å². The fourth-order valence-electron chi connectivity index (χ4n) is 3.10. The van der Waals surface area contributed by atoms with Crippen LogP contribution in [0.4, 0.5) is 0 Å². The topological polar surface area (TPSA) is 110 Å². The highest BCUT2D eigenvalue weighted by Gasteiger charge is 2.48. The SMILES string of the molecule is CNS(=O)(=O)CCCOC(=O)CN1C(=O)C2CCCCC2C1=O. The number of carbonyl (C=O) groups excluding carboxylic acids is 3. The molecule has 1 N–H and O–H groups in total. The van der Waals surface area contributed by atoms with Gasteiger partial charge in [0.1, 0.15) is 6.54 Å². The largest absolute Gasteiger partial charge is 0.464 e. The molecule has 2 atom stereocenters. The second kappa shape index (κ2) is 7.39. The maximum atomic E-state index is 12.2. The predicted octanol–water partition coefficient (Wildman–Crippen LogP) is -0.356. The van der Waals surface area contributed by atoms with E-state index in [-0.39, 0.29) is 49.0 Å². The molecule has 0 bridgehead atoms. The fraction of sp³-hybridized carbons (Fsp3) is 0.786. The summed E-state index contributed by atoms with van der Waals surface area (Å²) in [5.41, 5.74) is 0. The summed E-state index contributed by atoms with van der Waals surface area (Å²) in [6.45, 7) is -0.452.